The van der Waals surface area contributed by atoms with E-state index in [2.05, 4.69) is 40.5 Å². The molecule has 0 spiro atoms. The second-order valence-corrected chi connectivity index (χ2v) is 8.45. The number of nitrogens with one attached hydrogen (secondary N) is 2. The molecule has 0 bridgehead atoms. The molecule has 0 aliphatic carbocycles. The Morgan fingerprint density at radius 3 is 2.61 bits per heavy atom. The van der Waals surface area contributed by atoms with Gasteiger partial charge in [0.25, 0.3) is 0 Å². The van der Waals surface area contributed by atoms with Gasteiger partial charge in [0, 0.05) is 74.5 Å². The predicted molar refractivity (Wildman–Crippen MR) is 140 cm³/mol. The first-order chi connectivity index (χ1) is 14.5. The molecule has 1 atom stereocenters. The Kier molecular flexibility index (Phi) is 10.6. The zero-order chi connectivity index (χ0) is 21.5. The molecule has 9 heteroatoms. The maximum absolute atomic E-state index is 12.0. The highest BCUT2D eigenvalue weighted by Crippen LogP contribution is 2.29. The number of likely N-dealkylation sites (N-methyl/N-ethyl adjacent to an activating group) is 1. The minimum Gasteiger partial charge on any atom is -0.369 e. The highest BCUT2D eigenvalue weighted by Gasteiger charge is 2.26. The Bertz CT molecular complexity index is 754. The van der Waals surface area contributed by atoms with E-state index in [-0.39, 0.29) is 35.9 Å². The van der Waals surface area contributed by atoms with Crippen LogP contribution in [0.15, 0.2) is 23.2 Å². The second kappa shape index (κ2) is 12.7. The van der Waals surface area contributed by atoms with Crippen molar-refractivity contribution in [2.24, 2.45) is 4.99 Å². The molecule has 2 heterocycles. The van der Waals surface area contributed by atoms with Crippen molar-refractivity contribution in [1.82, 2.24) is 20.4 Å². The zero-order valence-electron chi connectivity index (χ0n) is 18.9. The number of carbonyl (C=O) groups is 1. The van der Waals surface area contributed by atoms with E-state index in [4.69, 9.17) is 16.6 Å². The molecule has 0 saturated carbocycles. The normalized spacial score (nSPS) is 19.9. The lowest BCUT2D eigenvalue weighted by Crippen LogP contribution is -2.45. The smallest absolute Gasteiger partial charge is 0.222 e. The Hall–Kier alpha value is -1.26. The van der Waals surface area contributed by atoms with Gasteiger partial charge < -0.3 is 25.3 Å². The molecule has 2 N–H and O–H groups in total. The third-order valence-electron chi connectivity index (χ3n) is 5.86. The number of hydrogen-bond donors (Lipinski definition) is 2. The highest BCUT2D eigenvalue weighted by atomic mass is 127. The van der Waals surface area contributed by atoms with Gasteiger partial charge in [-0.05, 0) is 32.5 Å². The van der Waals surface area contributed by atoms with Gasteiger partial charge in [-0.2, -0.15) is 0 Å². The van der Waals surface area contributed by atoms with Crippen LogP contribution in [0, 0.1) is 0 Å². The summed E-state index contributed by atoms with van der Waals surface area (Å²) in [6, 6.07) is 6.33. The number of aliphatic imine (C=N–C) groups is 1. The number of amides is 1. The first kappa shape index (κ1) is 26.0. The summed E-state index contributed by atoms with van der Waals surface area (Å²) in [6.07, 6.45) is 1.50. The fourth-order valence-corrected chi connectivity index (χ4v) is 4.28. The first-order valence-corrected chi connectivity index (χ1v) is 11.4. The summed E-state index contributed by atoms with van der Waals surface area (Å²) in [7, 11) is 2.16. The Morgan fingerprint density at radius 2 is 1.94 bits per heavy atom. The Balaban J connectivity index is 0.00000341. The summed E-state index contributed by atoms with van der Waals surface area (Å²) in [6.45, 7) is 10.9. The number of likely N-dealkylation sites (tertiary alicyclic amines) is 1. The quantitative estimate of drug-likeness (QED) is 0.317. The molecule has 2 aliphatic rings. The van der Waals surface area contributed by atoms with Gasteiger partial charge in [-0.15, -0.1) is 24.0 Å². The van der Waals surface area contributed by atoms with Crippen LogP contribution in [0.5, 0.6) is 0 Å². The van der Waals surface area contributed by atoms with Crippen LogP contribution >= 0.6 is 35.6 Å². The minimum atomic E-state index is 0. The summed E-state index contributed by atoms with van der Waals surface area (Å²) >= 11 is 6.59. The van der Waals surface area contributed by atoms with Crippen molar-refractivity contribution in [3.8, 4) is 0 Å². The maximum atomic E-state index is 12.0. The molecule has 7 nitrogen and oxygen atoms in total. The fourth-order valence-electron chi connectivity index (χ4n) is 4.05. The van der Waals surface area contributed by atoms with Crippen LogP contribution in [0.25, 0.3) is 0 Å². The van der Waals surface area contributed by atoms with Crippen molar-refractivity contribution in [3.05, 3.63) is 28.8 Å². The van der Waals surface area contributed by atoms with Crippen molar-refractivity contribution in [2.45, 2.75) is 39.3 Å². The average molecular weight is 563 g/mol. The largest absolute Gasteiger partial charge is 0.369 e. The summed E-state index contributed by atoms with van der Waals surface area (Å²) in [4.78, 5) is 23.5. The molecule has 0 radical (unpaired) electrons. The molecular formula is C22H36ClIN6O. The highest BCUT2D eigenvalue weighted by molar-refractivity contribution is 14.0. The number of rotatable bonds is 6. The van der Waals surface area contributed by atoms with Gasteiger partial charge in [0.15, 0.2) is 5.96 Å². The number of carbonyl (C=O) groups excluding carboxylic acids is 1. The molecule has 174 valence electrons. The topological polar surface area (TPSA) is 63.2 Å². The van der Waals surface area contributed by atoms with E-state index in [1.165, 1.54) is 5.69 Å². The van der Waals surface area contributed by atoms with E-state index in [9.17, 15) is 4.79 Å². The number of nitrogens with zero attached hydrogens (tertiary/aromatic N) is 4. The van der Waals surface area contributed by atoms with Gasteiger partial charge in [-0.1, -0.05) is 24.6 Å². The van der Waals surface area contributed by atoms with E-state index in [1.807, 2.05) is 24.0 Å². The van der Waals surface area contributed by atoms with E-state index < -0.39 is 0 Å². The number of benzene rings is 1. The Morgan fingerprint density at radius 1 is 1.19 bits per heavy atom. The average Bonchev–Trinajstić information content (AvgIpc) is 3.21. The summed E-state index contributed by atoms with van der Waals surface area (Å²) in [5.41, 5.74) is 2.24. The van der Waals surface area contributed by atoms with E-state index >= 15 is 0 Å². The number of piperazine rings is 1. The van der Waals surface area contributed by atoms with Crippen LogP contribution in [-0.4, -0.2) is 80.6 Å². The second-order valence-electron chi connectivity index (χ2n) is 8.05. The number of anilines is 1. The third kappa shape index (κ3) is 7.12. The number of guanidine groups is 1. The third-order valence-corrected chi connectivity index (χ3v) is 6.22. The SMILES string of the molecule is CCNC(=NCc1c(Cl)cccc1N1CCN(C)CC1)NC1CCN(C(=O)CC)C1.I. The molecular weight excluding hydrogens is 527 g/mol. The van der Waals surface area contributed by atoms with Crippen LogP contribution < -0.4 is 15.5 Å². The standard InChI is InChI=1S/C22H35ClN6O.HI/c1-4-21(30)29-10-9-17(16-29)26-22(24-5-2)25-15-18-19(23)7-6-8-20(18)28-13-11-27(3)12-14-28;/h6-8,17H,4-5,9-16H2,1-3H3,(H2,24,25,26);1H. The van der Waals surface area contributed by atoms with Crippen molar-refractivity contribution in [1.29, 1.82) is 0 Å². The Labute approximate surface area is 208 Å². The first-order valence-electron chi connectivity index (χ1n) is 11.0. The number of halogens is 2. The van der Waals surface area contributed by atoms with Gasteiger partial charge in [0.1, 0.15) is 0 Å². The van der Waals surface area contributed by atoms with Crippen molar-refractivity contribution < 1.29 is 4.79 Å². The molecule has 1 amide bonds. The van der Waals surface area contributed by atoms with E-state index in [0.29, 0.717) is 13.0 Å². The summed E-state index contributed by atoms with van der Waals surface area (Å²) in [5.74, 6) is 0.992. The zero-order valence-corrected chi connectivity index (χ0v) is 22.0. The number of hydrogen-bond acceptors (Lipinski definition) is 4. The van der Waals surface area contributed by atoms with Gasteiger partial charge in [-0.25, -0.2) is 4.99 Å². The van der Waals surface area contributed by atoms with Crippen LogP contribution in [0.2, 0.25) is 5.02 Å². The van der Waals surface area contributed by atoms with Crippen molar-refractivity contribution >= 4 is 53.1 Å². The molecule has 1 aromatic carbocycles. The molecule has 0 aromatic heterocycles. The molecule has 3 rings (SSSR count). The lowest BCUT2D eigenvalue weighted by Gasteiger charge is -2.35. The van der Waals surface area contributed by atoms with Crippen molar-refractivity contribution in [2.75, 3.05) is 57.8 Å². The lowest BCUT2D eigenvalue weighted by atomic mass is 10.1. The van der Waals surface area contributed by atoms with E-state index in [1.54, 1.807) is 0 Å². The van der Waals surface area contributed by atoms with E-state index in [0.717, 1.165) is 68.8 Å². The molecule has 31 heavy (non-hydrogen) atoms. The van der Waals surface area contributed by atoms with Gasteiger partial charge >= 0.3 is 0 Å². The molecule has 1 unspecified atom stereocenters. The van der Waals surface area contributed by atoms with Crippen LogP contribution in [-0.2, 0) is 11.3 Å². The van der Waals surface area contributed by atoms with Crippen LogP contribution in [0.4, 0.5) is 5.69 Å². The van der Waals surface area contributed by atoms with Gasteiger partial charge in [-0.3, -0.25) is 4.79 Å². The monoisotopic (exact) mass is 562 g/mol. The lowest BCUT2D eigenvalue weighted by molar-refractivity contribution is -0.129. The molecule has 2 fully saturated rings. The predicted octanol–water partition coefficient (Wildman–Crippen LogP) is 2.78. The van der Waals surface area contributed by atoms with Crippen LogP contribution in [0.1, 0.15) is 32.3 Å². The van der Waals surface area contributed by atoms with Crippen LogP contribution in [0.3, 0.4) is 0 Å². The fraction of sp³-hybridized carbons (Fsp3) is 0.636. The van der Waals surface area contributed by atoms with Gasteiger partial charge in [0.05, 0.1) is 6.54 Å². The summed E-state index contributed by atoms with van der Waals surface area (Å²) in [5, 5.41) is 7.59. The summed E-state index contributed by atoms with van der Waals surface area (Å²) < 4.78 is 0. The molecule has 2 aliphatic heterocycles. The minimum absolute atomic E-state index is 0. The van der Waals surface area contributed by atoms with Crippen molar-refractivity contribution in [3.63, 3.8) is 0 Å². The molecule has 1 aromatic rings. The molecule has 2 saturated heterocycles. The maximum Gasteiger partial charge on any atom is 0.222 e. The van der Waals surface area contributed by atoms with Gasteiger partial charge in [0.2, 0.25) is 5.91 Å².